The monoisotopic (exact) mass is 283 g/mol. The lowest BCUT2D eigenvalue weighted by Gasteiger charge is -2.13. The first kappa shape index (κ1) is 15.6. The van der Waals surface area contributed by atoms with Crippen molar-refractivity contribution in [1.82, 2.24) is 5.32 Å². The van der Waals surface area contributed by atoms with Crippen molar-refractivity contribution in [3.63, 3.8) is 0 Å². The van der Waals surface area contributed by atoms with Gasteiger partial charge < -0.3 is 10.1 Å². The Morgan fingerprint density at radius 3 is 2.29 bits per heavy atom. The van der Waals surface area contributed by atoms with E-state index in [0.717, 1.165) is 18.8 Å². The first-order valence-corrected chi connectivity index (χ1v) is 7.53. The van der Waals surface area contributed by atoms with Gasteiger partial charge in [0.15, 0.2) is 0 Å². The van der Waals surface area contributed by atoms with E-state index in [-0.39, 0.29) is 0 Å². The summed E-state index contributed by atoms with van der Waals surface area (Å²) in [5.41, 5.74) is 6.68. The largest absolute Gasteiger partial charge is 0.492 e. The number of hydrogen-bond donors (Lipinski definition) is 1. The summed E-state index contributed by atoms with van der Waals surface area (Å²) in [4.78, 5) is 0. The van der Waals surface area contributed by atoms with Gasteiger partial charge in [0.1, 0.15) is 12.4 Å². The molecule has 0 unspecified atom stereocenters. The maximum absolute atomic E-state index is 5.74. The lowest BCUT2D eigenvalue weighted by molar-refractivity contribution is 0.313. The van der Waals surface area contributed by atoms with Crippen LogP contribution in [-0.2, 0) is 6.54 Å². The van der Waals surface area contributed by atoms with Crippen molar-refractivity contribution in [2.45, 2.75) is 34.2 Å². The third-order valence-corrected chi connectivity index (χ3v) is 3.68. The molecule has 0 aromatic heterocycles. The van der Waals surface area contributed by atoms with Gasteiger partial charge >= 0.3 is 0 Å². The Morgan fingerprint density at radius 1 is 0.905 bits per heavy atom. The van der Waals surface area contributed by atoms with Crippen molar-refractivity contribution in [2.24, 2.45) is 0 Å². The summed E-state index contributed by atoms with van der Waals surface area (Å²) in [5.74, 6) is 0.944. The summed E-state index contributed by atoms with van der Waals surface area (Å²) in [6.07, 6.45) is 0. The van der Waals surface area contributed by atoms with Crippen LogP contribution in [0.25, 0.3) is 0 Å². The van der Waals surface area contributed by atoms with Gasteiger partial charge in [-0.25, -0.2) is 0 Å². The normalized spacial score (nSPS) is 10.7. The van der Waals surface area contributed by atoms with Crippen LogP contribution in [0.2, 0.25) is 0 Å². The first-order valence-electron chi connectivity index (χ1n) is 7.53. The number of rotatable bonds is 6. The third kappa shape index (κ3) is 4.61. The SMILES string of the molecule is Cc1cccc(OCCNCc2c(C)cc(C)cc2C)c1. The van der Waals surface area contributed by atoms with Crippen LogP contribution in [0.15, 0.2) is 36.4 Å². The smallest absolute Gasteiger partial charge is 0.119 e. The Morgan fingerprint density at radius 2 is 1.62 bits per heavy atom. The Bertz CT molecular complexity index is 581. The van der Waals surface area contributed by atoms with Crippen LogP contribution in [0.3, 0.4) is 0 Å². The molecule has 21 heavy (non-hydrogen) atoms. The average molecular weight is 283 g/mol. The van der Waals surface area contributed by atoms with Crippen molar-refractivity contribution < 1.29 is 4.74 Å². The van der Waals surface area contributed by atoms with Gasteiger partial charge in [-0.3, -0.25) is 0 Å². The van der Waals surface area contributed by atoms with Gasteiger partial charge in [-0.15, -0.1) is 0 Å². The maximum Gasteiger partial charge on any atom is 0.119 e. The molecule has 112 valence electrons. The topological polar surface area (TPSA) is 21.3 Å². The Labute approximate surface area is 128 Å². The third-order valence-electron chi connectivity index (χ3n) is 3.68. The zero-order chi connectivity index (χ0) is 15.2. The summed E-state index contributed by atoms with van der Waals surface area (Å²) in [6, 6.07) is 12.7. The summed E-state index contributed by atoms with van der Waals surface area (Å²) in [7, 11) is 0. The van der Waals surface area contributed by atoms with Crippen LogP contribution in [0.4, 0.5) is 0 Å². The van der Waals surface area contributed by atoms with Crippen LogP contribution in [-0.4, -0.2) is 13.2 Å². The molecule has 0 saturated heterocycles. The molecule has 0 amide bonds. The van der Waals surface area contributed by atoms with Crippen LogP contribution < -0.4 is 10.1 Å². The maximum atomic E-state index is 5.74. The average Bonchev–Trinajstić information content (AvgIpc) is 2.41. The van der Waals surface area contributed by atoms with E-state index in [1.165, 1.54) is 27.8 Å². The molecular formula is C19H25NO. The van der Waals surface area contributed by atoms with Crippen LogP contribution in [0, 0.1) is 27.7 Å². The Balaban J connectivity index is 1.78. The predicted molar refractivity (Wildman–Crippen MR) is 89.0 cm³/mol. The lowest BCUT2D eigenvalue weighted by Crippen LogP contribution is -2.21. The molecule has 2 heteroatoms. The van der Waals surface area contributed by atoms with Gasteiger partial charge in [0.25, 0.3) is 0 Å². The second kappa shape index (κ2) is 7.28. The highest BCUT2D eigenvalue weighted by Crippen LogP contribution is 2.16. The van der Waals surface area contributed by atoms with Crippen molar-refractivity contribution in [3.8, 4) is 5.75 Å². The van der Waals surface area contributed by atoms with Crippen LogP contribution >= 0.6 is 0 Å². The van der Waals surface area contributed by atoms with E-state index < -0.39 is 0 Å². The summed E-state index contributed by atoms with van der Waals surface area (Å²) in [6.45, 7) is 11.0. The molecule has 0 aliphatic rings. The van der Waals surface area contributed by atoms with Crippen molar-refractivity contribution >= 4 is 0 Å². The molecule has 0 saturated carbocycles. The number of ether oxygens (including phenoxy) is 1. The van der Waals surface area contributed by atoms with Gasteiger partial charge in [0, 0.05) is 13.1 Å². The predicted octanol–water partition coefficient (Wildman–Crippen LogP) is 4.09. The second-order valence-corrected chi connectivity index (χ2v) is 5.72. The molecule has 0 fully saturated rings. The standard InChI is InChI=1S/C19H25NO/c1-14-6-5-7-18(12-14)21-9-8-20-13-19-16(3)10-15(2)11-17(19)4/h5-7,10-12,20H,8-9,13H2,1-4H3. The van der Waals surface area contributed by atoms with E-state index in [1.54, 1.807) is 0 Å². The van der Waals surface area contributed by atoms with Gasteiger partial charge in [0.2, 0.25) is 0 Å². The second-order valence-electron chi connectivity index (χ2n) is 5.72. The van der Waals surface area contributed by atoms with Gasteiger partial charge in [-0.05, 0) is 62.1 Å². The lowest BCUT2D eigenvalue weighted by atomic mass is 10.00. The highest BCUT2D eigenvalue weighted by atomic mass is 16.5. The molecule has 0 bridgehead atoms. The number of benzene rings is 2. The summed E-state index contributed by atoms with van der Waals surface area (Å²) in [5, 5.41) is 3.46. The fourth-order valence-corrected chi connectivity index (χ4v) is 2.65. The first-order chi connectivity index (χ1) is 10.1. The zero-order valence-electron chi connectivity index (χ0n) is 13.5. The molecule has 2 rings (SSSR count). The Hall–Kier alpha value is -1.80. The van der Waals surface area contributed by atoms with E-state index in [2.05, 4.69) is 57.3 Å². The quantitative estimate of drug-likeness (QED) is 0.806. The van der Waals surface area contributed by atoms with Gasteiger partial charge in [-0.1, -0.05) is 29.8 Å². The minimum atomic E-state index is 0.688. The van der Waals surface area contributed by atoms with E-state index in [0.29, 0.717) is 6.61 Å². The van der Waals surface area contributed by atoms with Gasteiger partial charge in [0.05, 0.1) is 0 Å². The minimum absolute atomic E-state index is 0.688. The molecule has 0 radical (unpaired) electrons. The highest BCUT2D eigenvalue weighted by Gasteiger charge is 2.03. The number of nitrogens with one attached hydrogen (secondary N) is 1. The van der Waals surface area contributed by atoms with E-state index >= 15 is 0 Å². The van der Waals surface area contributed by atoms with Crippen molar-refractivity contribution in [2.75, 3.05) is 13.2 Å². The molecule has 1 N–H and O–H groups in total. The molecule has 2 aromatic rings. The van der Waals surface area contributed by atoms with Crippen LogP contribution in [0.5, 0.6) is 5.75 Å². The van der Waals surface area contributed by atoms with E-state index in [9.17, 15) is 0 Å². The molecule has 0 heterocycles. The molecular weight excluding hydrogens is 258 g/mol. The van der Waals surface area contributed by atoms with E-state index in [4.69, 9.17) is 4.74 Å². The highest BCUT2D eigenvalue weighted by molar-refractivity contribution is 5.37. The van der Waals surface area contributed by atoms with E-state index in [1.807, 2.05) is 12.1 Å². The molecule has 0 aliphatic carbocycles. The fourth-order valence-electron chi connectivity index (χ4n) is 2.65. The summed E-state index contributed by atoms with van der Waals surface area (Å²) < 4.78 is 5.74. The minimum Gasteiger partial charge on any atom is -0.492 e. The number of hydrogen-bond acceptors (Lipinski definition) is 2. The van der Waals surface area contributed by atoms with Crippen molar-refractivity contribution in [3.05, 3.63) is 64.2 Å². The summed E-state index contributed by atoms with van der Waals surface area (Å²) >= 11 is 0. The molecule has 0 aliphatic heterocycles. The fraction of sp³-hybridized carbons (Fsp3) is 0.368. The molecule has 2 aromatic carbocycles. The Kier molecular flexibility index (Phi) is 5.40. The number of aryl methyl sites for hydroxylation is 4. The van der Waals surface area contributed by atoms with Crippen molar-refractivity contribution in [1.29, 1.82) is 0 Å². The van der Waals surface area contributed by atoms with Gasteiger partial charge in [-0.2, -0.15) is 0 Å². The van der Waals surface area contributed by atoms with Crippen LogP contribution in [0.1, 0.15) is 27.8 Å². The molecule has 0 spiro atoms. The molecule has 2 nitrogen and oxygen atoms in total. The zero-order valence-corrected chi connectivity index (χ0v) is 13.5. The molecule has 0 atom stereocenters.